The normalized spacial score (nSPS) is 15.9. The van der Waals surface area contributed by atoms with Gasteiger partial charge in [-0.05, 0) is 14.1 Å². The summed E-state index contributed by atoms with van der Waals surface area (Å²) in [5.41, 5.74) is 0. The van der Waals surface area contributed by atoms with E-state index in [2.05, 4.69) is 0 Å². The molecule has 0 bridgehead atoms. The van der Waals surface area contributed by atoms with Crippen LogP contribution in [0.1, 0.15) is 0 Å². The molecular formula is C10H19F6N3O6S3. The summed E-state index contributed by atoms with van der Waals surface area (Å²) < 4.78 is 152. The first-order valence-electron chi connectivity index (χ1n) is 6.82. The van der Waals surface area contributed by atoms with E-state index in [1.165, 1.54) is 0 Å². The molecule has 0 radical (unpaired) electrons. The van der Waals surface area contributed by atoms with E-state index < -0.39 is 55.9 Å². The third-order valence-corrected chi connectivity index (χ3v) is 12.3. The average molecular weight is 487 g/mol. The summed E-state index contributed by atoms with van der Waals surface area (Å²) in [7, 11) is -16.3. The van der Waals surface area contributed by atoms with E-state index in [1.807, 2.05) is 0 Å². The van der Waals surface area contributed by atoms with Crippen molar-refractivity contribution in [1.82, 2.24) is 13.5 Å². The van der Waals surface area contributed by atoms with E-state index in [0.29, 0.717) is 28.2 Å². The van der Waals surface area contributed by atoms with Crippen LogP contribution in [0.2, 0.25) is 0 Å². The highest BCUT2D eigenvalue weighted by Crippen LogP contribution is 2.51. The molecule has 0 heterocycles. The maximum Gasteiger partial charge on any atom is 0.417 e. The molecule has 170 valence electrons. The molecule has 9 nitrogen and oxygen atoms in total. The van der Waals surface area contributed by atoms with Crippen molar-refractivity contribution < 1.29 is 51.6 Å². The number of nitrogens with zero attached hydrogens (tertiary/aromatic N) is 3. The Balaban J connectivity index is 7.20. The van der Waals surface area contributed by atoms with E-state index in [4.69, 9.17) is 0 Å². The molecule has 0 unspecified atom stereocenters. The van der Waals surface area contributed by atoms with Gasteiger partial charge in [0, 0.05) is 28.2 Å². The van der Waals surface area contributed by atoms with Crippen molar-refractivity contribution in [3.63, 3.8) is 0 Å². The number of sulfonamides is 2. The zero-order valence-electron chi connectivity index (χ0n) is 15.4. The molecule has 0 fully saturated rings. The van der Waals surface area contributed by atoms with Gasteiger partial charge in [0.1, 0.15) is 0 Å². The first kappa shape index (κ1) is 27.3. The quantitative estimate of drug-likeness (QED) is 0.328. The first-order chi connectivity index (χ1) is 11.9. The van der Waals surface area contributed by atoms with Crippen LogP contribution in [0.3, 0.4) is 0 Å². The van der Waals surface area contributed by atoms with Gasteiger partial charge < -0.3 is 0 Å². The van der Waals surface area contributed by atoms with Crippen LogP contribution in [0.5, 0.6) is 0 Å². The SMILES string of the molecule is CN(C)C(F)(F)C(F)(F)C(F)(F)S(=O)(=O)C(S(=O)(=O)N(C)C)S(=O)(=O)N(C)C. The van der Waals surface area contributed by atoms with Gasteiger partial charge in [0.2, 0.25) is 20.0 Å². The van der Waals surface area contributed by atoms with Gasteiger partial charge in [-0.2, -0.15) is 26.3 Å². The predicted molar refractivity (Wildman–Crippen MR) is 86.4 cm³/mol. The molecule has 0 saturated heterocycles. The van der Waals surface area contributed by atoms with E-state index in [1.54, 1.807) is 0 Å². The molecule has 0 saturated carbocycles. The molecule has 0 aromatic heterocycles. The molecule has 0 aliphatic carbocycles. The molecule has 18 heteroatoms. The van der Waals surface area contributed by atoms with E-state index >= 15 is 0 Å². The van der Waals surface area contributed by atoms with Gasteiger partial charge in [-0.1, -0.05) is 0 Å². The summed E-state index contributed by atoms with van der Waals surface area (Å²) in [6.07, 6.45) is 0. The third-order valence-electron chi connectivity index (χ3n) is 3.42. The number of alkyl halides is 6. The Bertz CT molecular complexity index is 861. The molecule has 0 rings (SSSR count). The van der Waals surface area contributed by atoms with Crippen molar-refractivity contribution in [1.29, 1.82) is 0 Å². The van der Waals surface area contributed by atoms with Gasteiger partial charge in [0.25, 0.3) is 13.8 Å². The topological polar surface area (TPSA) is 112 Å². The summed E-state index contributed by atoms with van der Waals surface area (Å²) in [4.78, 5) is -0.730. The summed E-state index contributed by atoms with van der Waals surface area (Å²) in [5, 5.41) is -6.80. The van der Waals surface area contributed by atoms with Crippen molar-refractivity contribution in [2.45, 2.75) is 21.1 Å². The number of hydrogen-bond acceptors (Lipinski definition) is 7. The number of halogens is 6. The van der Waals surface area contributed by atoms with Crippen molar-refractivity contribution in [3.05, 3.63) is 0 Å². The molecule has 28 heavy (non-hydrogen) atoms. The molecule has 0 N–H and O–H groups in total. The maximum absolute atomic E-state index is 14.3. The number of sulfone groups is 1. The second kappa shape index (κ2) is 7.53. The minimum absolute atomic E-state index is 0.130. The molecule has 0 aromatic carbocycles. The lowest BCUT2D eigenvalue weighted by atomic mass is 10.2. The first-order valence-corrected chi connectivity index (χ1v) is 11.4. The van der Waals surface area contributed by atoms with Crippen LogP contribution in [0.4, 0.5) is 26.3 Å². The maximum atomic E-state index is 14.3. The van der Waals surface area contributed by atoms with Crippen LogP contribution in [-0.4, -0.2) is 102 Å². The fourth-order valence-electron chi connectivity index (χ4n) is 1.57. The molecule has 0 aliphatic heterocycles. The molecule has 0 aliphatic rings. The van der Waals surface area contributed by atoms with Crippen molar-refractivity contribution in [2.24, 2.45) is 0 Å². The molecular weight excluding hydrogens is 468 g/mol. The number of hydrogen-bond donors (Lipinski definition) is 0. The second-order valence-electron chi connectivity index (χ2n) is 6.02. The monoisotopic (exact) mass is 487 g/mol. The largest absolute Gasteiger partial charge is 0.417 e. The van der Waals surface area contributed by atoms with Crippen molar-refractivity contribution in [3.8, 4) is 0 Å². The third kappa shape index (κ3) is 3.85. The van der Waals surface area contributed by atoms with Gasteiger partial charge in [0.15, 0.2) is 0 Å². The lowest BCUT2D eigenvalue weighted by Gasteiger charge is -2.37. The Labute approximate surface area is 158 Å². The highest BCUT2D eigenvalue weighted by atomic mass is 32.3. The van der Waals surface area contributed by atoms with E-state index in [-0.39, 0.29) is 22.7 Å². The Kier molecular flexibility index (Phi) is 7.34. The summed E-state index contributed by atoms with van der Waals surface area (Å²) in [5.74, 6) is -6.70. The van der Waals surface area contributed by atoms with Crippen LogP contribution < -0.4 is 0 Å². The summed E-state index contributed by atoms with van der Waals surface area (Å²) >= 11 is 0. The van der Waals surface area contributed by atoms with Gasteiger partial charge in [-0.25, -0.2) is 38.8 Å². The molecule has 0 atom stereocenters. The van der Waals surface area contributed by atoms with E-state index in [0.717, 1.165) is 0 Å². The highest BCUT2D eigenvalue weighted by molar-refractivity contribution is 8.23. The van der Waals surface area contributed by atoms with Gasteiger partial charge >= 0.3 is 17.2 Å². The lowest BCUT2D eigenvalue weighted by Crippen LogP contribution is -2.66. The van der Waals surface area contributed by atoms with E-state index in [9.17, 15) is 51.6 Å². The minimum Gasteiger partial charge on any atom is -0.245 e. The summed E-state index contributed by atoms with van der Waals surface area (Å²) in [6.45, 7) is 0. The Morgan fingerprint density at radius 3 is 1.14 bits per heavy atom. The Morgan fingerprint density at radius 2 is 0.929 bits per heavy atom. The standard InChI is InChI=1S/C10H19F6N3O6S3/c1-17(2)9(13,14)8(11,12)10(15,16)26(20,21)7(27(22,23)18(3)4)28(24,25)19(5)6/h7H,1-6H3. The zero-order chi connectivity index (χ0) is 23.3. The minimum atomic E-state index is -7.33. The van der Waals surface area contributed by atoms with Crippen LogP contribution in [0, 0.1) is 0 Å². The van der Waals surface area contributed by atoms with Gasteiger partial charge in [-0.3, -0.25) is 0 Å². The van der Waals surface area contributed by atoms with Crippen LogP contribution in [0.15, 0.2) is 0 Å². The summed E-state index contributed by atoms with van der Waals surface area (Å²) in [6, 6.07) is -5.79. The smallest absolute Gasteiger partial charge is 0.245 e. The predicted octanol–water partition coefficient (Wildman–Crippen LogP) is -0.150. The zero-order valence-corrected chi connectivity index (χ0v) is 17.8. The van der Waals surface area contributed by atoms with Crippen molar-refractivity contribution in [2.75, 3.05) is 42.3 Å². The Morgan fingerprint density at radius 1 is 0.643 bits per heavy atom. The highest BCUT2D eigenvalue weighted by Gasteiger charge is 2.81. The molecule has 0 amide bonds. The molecule has 0 aromatic rings. The lowest BCUT2D eigenvalue weighted by molar-refractivity contribution is -0.325. The van der Waals surface area contributed by atoms with Crippen molar-refractivity contribution >= 4 is 29.9 Å². The van der Waals surface area contributed by atoms with Crippen LogP contribution in [-0.2, 0) is 29.9 Å². The van der Waals surface area contributed by atoms with Gasteiger partial charge in [-0.15, -0.1) is 0 Å². The second-order valence-corrected chi connectivity index (χ2v) is 13.4. The fraction of sp³-hybridized carbons (Fsp3) is 1.00. The van der Waals surface area contributed by atoms with Crippen LogP contribution >= 0.6 is 0 Å². The Hall–Kier alpha value is -0.690. The average Bonchev–Trinajstić information content (AvgIpc) is 2.44. The van der Waals surface area contributed by atoms with Crippen LogP contribution in [0.25, 0.3) is 0 Å². The molecule has 0 spiro atoms. The fourth-order valence-corrected chi connectivity index (χ4v) is 9.57. The van der Waals surface area contributed by atoms with Gasteiger partial charge in [0.05, 0.1) is 0 Å². The number of rotatable bonds is 9.